The Balaban J connectivity index is 1.69. The third kappa shape index (κ3) is 4.94. The van der Waals surface area contributed by atoms with E-state index >= 15 is 0 Å². The van der Waals surface area contributed by atoms with Crippen LogP contribution in [-0.4, -0.2) is 23.3 Å². The molecule has 0 aliphatic carbocycles. The number of carbonyl (C=O) groups is 2. The van der Waals surface area contributed by atoms with Crippen LogP contribution in [0.3, 0.4) is 0 Å². The van der Waals surface area contributed by atoms with Crippen molar-refractivity contribution in [2.45, 2.75) is 19.4 Å². The molecule has 0 spiro atoms. The van der Waals surface area contributed by atoms with Gasteiger partial charge in [-0.05, 0) is 18.6 Å². The number of hydrogen-bond donors (Lipinski definition) is 2. The van der Waals surface area contributed by atoms with Gasteiger partial charge in [0.05, 0.1) is 11.2 Å². The van der Waals surface area contributed by atoms with Crippen molar-refractivity contribution >= 4 is 17.5 Å². The number of furan rings is 1. The molecule has 0 unspecified atom stereocenters. The largest absolute Gasteiger partial charge is 0.459 e. The van der Waals surface area contributed by atoms with Crippen molar-refractivity contribution in [3.05, 3.63) is 64.1 Å². The Labute approximate surface area is 138 Å². The molecule has 0 saturated carbocycles. The van der Waals surface area contributed by atoms with Crippen molar-refractivity contribution in [1.82, 2.24) is 10.6 Å². The smallest absolute Gasteiger partial charge is 0.286 e. The van der Waals surface area contributed by atoms with Crippen LogP contribution >= 0.6 is 0 Å². The van der Waals surface area contributed by atoms with Crippen LogP contribution in [-0.2, 0) is 11.3 Å². The zero-order valence-electron chi connectivity index (χ0n) is 12.9. The van der Waals surface area contributed by atoms with Crippen molar-refractivity contribution in [1.29, 1.82) is 0 Å². The van der Waals surface area contributed by atoms with Gasteiger partial charge in [0.15, 0.2) is 5.76 Å². The van der Waals surface area contributed by atoms with Gasteiger partial charge < -0.3 is 15.1 Å². The summed E-state index contributed by atoms with van der Waals surface area (Å²) in [6.45, 7) is 0.424. The van der Waals surface area contributed by atoms with Crippen LogP contribution in [0.2, 0.25) is 0 Å². The minimum atomic E-state index is -0.481. The number of amides is 2. The molecule has 0 radical (unpaired) electrons. The van der Waals surface area contributed by atoms with E-state index in [9.17, 15) is 19.7 Å². The third-order valence-corrected chi connectivity index (χ3v) is 3.28. The molecule has 1 aromatic carbocycles. The number of para-hydroxylation sites is 1. The van der Waals surface area contributed by atoms with Crippen molar-refractivity contribution in [3.8, 4) is 0 Å². The number of nitrogens with one attached hydrogen (secondary N) is 2. The Morgan fingerprint density at radius 2 is 1.92 bits per heavy atom. The SMILES string of the molecule is O=C(CCCNC(=O)c1ccco1)NCc1ccccc1[N+](=O)[O-]. The molecule has 8 heteroatoms. The van der Waals surface area contributed by atoms with E-state index in [1.54, 1.807) is 30.3 Å². The molecular formula is C16H17N3O5. The molecule has 8 nitrogen and oxygen atoms in total. The fraction of sp³-hybridized carbons (Fsp3) is 0.250. The van der Waals surface area contributed by atoms with Gasteiger partial charge in [0, 0.05) is 31.1 Å². The molecular weight excluding hydrogens is 314 g/mol. The normalized spacial score (nSPS) is 10.2. The molecule has 126 valence electrons. The van der Waals surface area contributed by atoms with Gasteiger partial charge in [-0.15, -0.1) is 0 Å². The molecule has 2 amide bonds. The number of carbonyl (C=O) groups excluding carboxylic acids is 2. The van der Waals surface area contributed by atoms with E-state index in [4.69, 9.17) is 4.42 Å². The molecule has 1 aromatic heterocycles. The molecule has 0 aliphatic heterocycles. The first-order valence-corrected chi connectivity index (χ1v) is 7.38. The topological polar surface area (TPSA) is 114 Å². The average Bonchev–Trinajstić information content (AvgIpc) is 3.11. The van der Waals surface area contributed by atoms with E-state index in [1.807, 2.05) is 0 Å². The lowest BCUT2D eigenvalue weighted by atomic mass is 10.2. The van der Waals surface area contributed by atoms with Crippen LogP contribution in [0.4, 0.5) is 5.69 Å². The number of hydrogen-bond acceptors (Lipinski definition) is 5. The molecule has 2 rings (SSSR count). The molecule has 0 atom stereocenters. The number of nitro groups is 1. The van der Waals surface area contributed by atoms with Crippen LogP contribution < -0.4 is 10.6 Å². The van der Waals surface area contributed by atoms with E-state index in [0.717, 1.165) is 0 Å². The molecule has 0 fully saturated rings. The van der Waals surface area contributed by atoms with Crippen LogP contribution in [0.25, 0.3) is 0 Å². The standard InChI is InChI=1S/C16H17N3O5/c20-15(8-3-9-17-16(21)14-7-4-10-24-14)18-11-12-5-1-2-6-13(12)19(22)23/h1-2,4-7,10H,3,8-9,11H2,(H,17,21)(H,18,20). The lowest BCUT2D eigenvalue weighted by molar-refractivity contribution is -0.385. The van der Waals surface area contributed by atoms with Gasteiger partial charge in [-0.25, -0.2) is 0 Å². The highest BCUT2D eigenvalue weighted by Crippen LogP contribution is 2.17. The van der Waals surface area contributed by atoms with Crippen LogP contribution in [0.1, 0.15) is 29.0 Å². The van der Waals surface area contributed by atoms with Gasteiger partial charge in [-0.2, -0.15) is 0 Å². The van der Waals surface area contributed by atoms with Gasteiger partial charge in [0.25, 0.3) is 11.6 Å². The van der Waals surface area contributed by atoms with E-state index in [1.165, 1.54) is 12.3 Å². The van der Waals surface area contributed by atoms with E-state index in [-0.39, 0.29) is 36.2 Å². The summed E-state index contributed by atoms with van der Waals surface area (Å²) in [5.74, 6) is -0.350. The minimum absolute atomic E-state index is 0.0245. The zero-order chi connectivity index (χ0) is 17.4. The zero-order valence-corrected chi connectivity index (χ0v) is 12.9. The van der Waals surface area contributed by atoms with Crippen molar-refractivity contribution in [2.75, 3.05) is 6.54 Å². The summed E-state index contributed by atoms with van der Waals surface area (Å²) in [6, 6.07) is 9.41. The van der Waals surface area contributed by atoms with E-state index in [2.05, 4.69) is 10.6 Å². The number of benzene rings is 1. The summed E-state index contributed by atoms with van der Waals surface area (Å²) in [6.07, 6.45) is 2.07. The molecule has 0 saturated heterocycles. The van der Waals surface area contributed by atoms with Gasteiger partial charge >= 0.3 is 0 Å². The summed E-state index contributed by atoms with van der Waals surface area (Å²) in [5, 5.41) is 16.2. The lowest BCUT2D eigenvalue weighted by Crippen LogP contribution is -2.27. The monoisotopic (exact) mass is 331 g/mol. The maximum atomic E-state index is 11.8. The van der Waals surface area contributed by atoms with Gasteiger partial charge in [0.2, 0.25) is 5.91 Å². The molecule has 2 N–H and O–H groups in total. The van der Waals surface area contributed by atoms with Crippen molar-refractivity contribution < 1.29 is 18.9 Å². The second-order valence-corrected chi connectivity index (χ2v) is 5.00. The van der Waals surface area contributed by atoms with Crippen molar-refractivity contribution in [3.63, 3.8) is 0 Å². The quantitative estimate of drug-likeness (QED) is 0.436. The third-order valence-electron chi connectivity index (χ3n) is 3.28. The first-order valence-electron chi connectivity index (χ1n) is 7.38. The predicted molar refractivity (Wildman–Crippen MR) is 85.2 cm³/mol. The molecule has 1 heterocycles. The Kier molecular flexibility index (Phi) is 6.07. The second kappa shape index (κ2) is 8.47. The van der Waals surface area contributed by atoms with E-state index < -0.39 is 4.92 Å². The first-order chi connectivity index (χ1) is 11.6. The van der Waals surface area contributed by atoms with Gasteiger partial charge in [-0.1, -0.05) is 18.2 Å². The highest BCUT2D eigenvalue weighted by molar-refractivity contribution is 5.91. The second-order valence-electron chi connectivity index (χ2n) is 5.00. The fourth-order valence-corrected chi connectivity index (χ4v) is 2.07. The van der Waals surface area contributed by atoms with Crippen LogP contribution in [0, 0.1) is 10.1 Å². The van der Waals surface area contributed by atoms with Crippen LogP contribution in [0.15, 0.2) is 47.1 Å². The fourth-order valence-electron chi connectivity index (χ4n) is 2.07. The summed E-state index contributed by atoms with van der Waals surface area (Å²) < 4.78 is 4.95. The Bertz CT molecular complexity index is 712. The molecule has 2 aromatic rings. The first kappa shape index (κ1) is 17.2. The average molecular weight is 331 g/mol. The Morgan fingerprint density at radius 1 is 1.12 bits per heavy atom. The molecule has 0 bridgehead atoms. The van der Waals surface area contributed by atoms with Gasteiger partial charge in [-0.3, -0.25) is 19.7 Å². The number of nitro benzene ring substituents is 1. The summed E-state index contributed by atoms with van der Waals surface area (Å²) >= 11 is 0. The predicted octanol–water partition coefficient (Wildman–Crippen LogP) is 2.01. The Hall–Kier alpha value is -3.16. The highest BCUT2D eigenvalue weighted by Gasteiger charge is 2.13. The Morgan fingerprint density at radius 3 is 2.62 bits per heavy atom. The maximum absolute atomic E-state index is 11.8. The van der Waals surface area contributed by atoms with Gasteiger partial charge in [0.1, 0.15) is 0 Å². The van der Waals surface area contributed by atoms with Crippen molar-refractivity contribution in [2.24, 2.45) is 0 Å². The highest BCUT2D eigenvalue weighted by atomic mass is 16.6. The van der Waals surface area contributed by atoms with E-state index in [0.29, 0.717) is 18.5 Å². The summed E-state index contributed by atoms with van der Waals surface area (Å²) in [5.41, 5.74) is 0.422. The molecule has 0 aliphatic rings. The lowest BCUT2D eigenvalue weighted by Gasteiger charge is -2.06. The summed E-state index contributed by atoms with van der Waals surface area (Å²) in [7, 11) is 0. The summed E-state index contributed by atoms with van der Waals surface area (Å²) in [4.78, 5) is 33.8. The number of nitrogens with zero attached hydrogens (tertiary/aromatic N) is 1. The maximum Gasteiger partial charge on any atom is 0.286 e. The molecule has 24 heavy (non-hydrogen) atoms. The number of rotatable bonds is 8. The minimum Gasteiger partial charge on any atom is -0.459 e. The van der Waals surface area contributed by atoms with Crippen LogP contribution in [0.5, 0.6) is 0 Å².